The maximum absolute atomic E-state index is 15.2. The molecule has 0 aliphatic heterocycles. The summed E-state index contributed by atoms with van der Waals surface area (Å²) in [5.74, 6) is -4.06. The van der Waals surface area contributed by atoms with Gasteiger partial charge in [-0.05, 0) is 19.8 Å². The van der Waals surface area contributed by atoms with E-state index in [1.165, 1.54) is 11.5 Å². The number of hydrogen-bond acceptors (Lipinski definition) is 6. The number of rotatable bonds is 6. The summed E-state index contributed by atoms with van der Waals surface area (Å²) in [7, 11) is 0. The van der Waals surface area contributed by atoms with E-state index in [0.29, 0.717) is 12.8 Å². The largest absolute Gasteiger partial charge is 0.480 e. The van der Waals surface area contributed by atoms with E-state index < -0.39 is 56.5 Å². The Labute approximate surface area is 150 Å². The molecule has 1 aromatic carbocycles. The monoisotopic (exact) mass is 379 g/mol. The van der Waals surface area contributed by atoms with Crippen molar-refractivity contribution in [3.63, 3.8) is 0 Å². The lowest BCUT2D eigenvalue weighted by Crippen LogP contribution is -2.27. The van der Waals surface area contributed by atoms with Gasteiger partial charge in [-0.3, -0.25) is 19.7 Å². The van der Waals surface area contributed by atoms with E-state index in [2.05, 4.69) is 5.32 Å². The molecule has 1 aliphatic carbocycles. The summed E-state index contributed by atoms with van der Waals surface area (Å²) in [6.45, 7) is 1.18. The quantitative estimate of drug-likeness (QED) is 0.509. The second-order valence-electron chi connectivity index (χ2n) is 6.26. The minimum atomic E-state index is -1.53. The van der Waals surface area contributed by atoms with Gasteiger partial charge in [-0.2, -0.15) is 0 Å². The summed E-state index contributed by atoms with van der Waals surface area (Å²) >= 11 is 0. The Balaban J connectivity index is 2.41. The average molecular weight is 379 g/mol. The molecule has 142 valence electrons. The van der Waals surface area contributed by atoms with Crippen LogP contribution in [0, 0.1) is 15.9 Å². The van der Waals surface area contributed by atoms with Gasteiger partial charge in [-0.25, -0.2) is 9.18 Å². The molecule has 0 amide bonds. The molecule has 1 fully saturated rings. The van der Waals surface area contributed by atoms with Crippen LogP contribution in [0.25, 0.3) is 10.9 Å². The Morgan fingerprint density at radius 2 is 2.04 bits per heavy atom. The summed E-state index contributed by atoms with van der Waals surface area (Å²) in [4.78, 5) is 45.2. The van der Waals surface area contributed by atoms with Crippen molar-refractivity contribution < 1.29 is 29.1 Å². The molecule has 1 saturated carbocycles. The first-order valence-electron chi connectivity index (χ1n) is 7.91. The SMILES string of the molecule is CC(Nc1c([N+](=O)[O-])cc2c(=O)c(C(=O)O)cn(C3CC3)c2c1F)C(=O)O. The van der Waals surface area contributed by atoms with Crippen molar-refractivity contribution in [3.8, 4) is 0 Å². The van der Waals surface area contributed by atoms with Crippen molar-refractivity contribution in [2.24, 2.45) is 0 Å². The van der Waals surface area contributed by atoms with E-state index in [1.54, 1.807) is 0 Å². The molecule has 0 spiro atoms. The fourth-order valence-corrected chi connectivity index (χ4v) is 2.81. The van der Waals surface area contributed by atoms with Crippen LogP contribution in [0.4, 0.5) is 15.8 Å². The van der Waals surface area contributed by atoms with Crippen LogP contribution < -0.4 is 10.7 Å². The van der Waals surface area contributed by atoms with Crippen LogP contribution in [0.15, 0.2) is 17.1 Å². The molecule has 3 N–H and O–H groups in total. The molecule has 2 aromatic rings. The third-order valence-electron chi connectivity index (χ3n) is 4.33. The lowest BCUT2D eigenvalue weighted by Gasteiger charge is -2.17. The number of hydrogen-bond donors (Lipinski definition) is 3. The van der Waals surface area contributed by atoms with Gasteiger partial charge >= 0.3 is 11.9 Å². The zero-order chi connectivity index (χ0) is 20.0. The number of aromatic nitrogens is 1. The van der Waals surface area contributed by atoms with Crippen molar-refractivity contribution in [1.29, 1.82) is 0 Å². The number of aromatic carboxylic acids is 1. The standard InChI is InChI=1S/C16H14FN3O7/c1-6(15(22)23)18-12-10(20(26)27)4-8-13(11(12)17)19(7-2-3-7)5-9(14(8)21)16(24)25/h4-7,18H,2-3H2,1H3,(H,22,23)(H,24,25). The minimum absolute atomic E-state index is 0.244. The van der Waals surface area contributed by atoms with Crippen LogP contribution in [-0.4, -0.2) is 37.7 Å². The summed E-state index contributed by atoms with van der Waals surface area (Å²) in [5.41, 5.74) is -3.48. The van der Waals surface area contributed by atoms with Gasteiger partial charge in [0.05, 0.1) is 15.8 Å². The van der Waals surface area contributed by atoms with Gasteiger partial charge in [0.1, 0.15) is 11.6 Å². The molecular weight excluding hydrogens is 365 g/mol. The highest BCUT2D eigenvalue weighted by Gasteiger charge is 2.32. The van der Waals surface area contributed by atoms with Crippen molar-refractivity contribution in [2.45, 2.75) is 31.8 Å². The average Bonchev–Trinajstić information content (AvgIpc) is 3.41. The zero-order valence-electron chi connectivity index (χ0n) is 13.9. The first-order valence-corrected chi connectivity index (χ1v) is 7.91. The molecule has 3 rings (SSSR count). The lowest BCUT2D eigenvalue weighted by atomic mass is 10.1. The molecule has 1 heterocycles. The van der Waals surface area contributed by atoms with E-state index in [1.807, 2.05) is 0 Å². The maximum atomic E-state index is 15.2. The Morgan fingerprint density at radius 1 is 1.41 bits per heavy atom. The molecule has 1 aliphatic rings. The number of carboxylic acid groups (broad SMARTS) is 2. The summed E-state index contributed by atoms with van der Waals surface area (Å²) in [6, 6.07) is -0.801. The lowest BCUT2D eigenvalue weighted by molar-refractivity contribution is -0.384. The Morgan fingerprint density at radius 3 is 2.52 bits per heavy atom. The molecule has 10 nitrogen and oxygen atoms in total. The van der Waals surface area contributed by atoms with Crippen LogP contribution in [0.5, 0.6) is 0 Å². The van der Waals surface area contributed by atoms with Gasteiger partial charge < -0.3 is 20.1 Å². The second-order valence-corrected chi connectivity index (χ2v) is 6.26. The molecular formula is C16H14FN3O7. The third kappa shape index (κ3) is 3.07. The summed E-state index contributed by atoms with van der Waals surface area (Å²) < 4.78 is 16.5. The maximum Gasteiger partial charge on any atom is 0.341 e. The fraction of sp³-hybridized carbons (Fsp3) is 0.312. The van der Waals surface area contributed by atoms with Crippen LogP contribution in [0.3, 0.4) is 0 Å². The number of aliphatic carboxylic acids is 1. The van der Waals surface area contributed by atoms with Gasteiger partial charge in [0.25, 0.3) is 5.69 Å². The number of benzene rings is 1. The Bertz CT molecular complexity index is 1060. The third-order valence-corrected chi connectivity index (χ3v) is 4.33. The molecule has 1 aromatic heterocycles. The molecule has 0 radical (unpaired) electrons. The molecule has 0 bridgehead atoms. The number of anilines is 1. The number of carboxylic acids is 2. The Kier molecular flexibility index (Phi) is 4.30. The van der Waals surface area contributed by atoms with Gasteiger partial charge in [0.15, 0.2) is 11.5 Å². The Hall–Kier alpha value is -3.50. The predicted octanol–water partition coefficient (Wildman–Crippen LogP) is 1.97. The molecule has 1 unspecified atom stereocenters. The molecule has 27 heavy (non-hydrogen) atoms. The van der Waals surface area contributed by atoms with Crippen LogP contribution in [0.2, 0.25) is 0 Å². The minimum Gasteiger partial charge on any atom is -0.480 e. The fourth-order valence-electron chi connectivity index (χ4n) is 2.81. The summed E-state index contributed by atoms with van der Waals surface area (Å²) in [6.07, 6.45) is 2.27. The van der Waals surface area contributed by atoms with Crippen LogP contribution in [-0.2, 0) is 4.79 Å². The van der Waals surface area contributed by atoms with Crippen molar-refractivity contribution in [2.75, 3.05) is 5.32 Å². The number of nitrogens with zero attached hydrogens (tertiary/aromatic N) is 2. The number of nitro benzene ring substituents is 1. The topological polar surface area (TPSA) is 152 Å². The number of pyridine rings is 1. The van der Waals surface area contributed by atoms with Gasteiger partial charge in [0.2, 0.25) is 5.43 Å². The van der Waals surface area contributed by atoms with Gasteiger partial charge in [0, 0.05) is 18.3 Å². The van der Waals surface area contributed by atoms with E-state index in [-0.39, 0.29) is 11.6 Å². The molecule has 0 saturated heterocycles. The zero-order valence-corrected chi connectivity index (χ0v) is 13.9. The number of carbonyl (C=O) groups is 2. The number of nitro groups is 1. The van der Waals surface area contributed by atoms with Gasteiger partial charge in [-0.15, -0.1) is 0 Å². The highest BCUT2D eigenvalue weighted by molar-refractivity contribution is 5.96. The highest BCUT2D eigenvalue weighted by atomic mass is 19.1. The van der Waals surface area contributed by atoms with Gasteiger partial charge in [-0.1, -0.05) is 0 Å². The second kappa shape index (κ2) is 6.34. The molecule has 11 heteroatoms. The van der Waals surface area contributed by atoms with Crippen molar-refractivity contribution in [1.82, 2.24) is 4.57 Å². The van der Waals surface area contributed by atoms with E-state index in [0.717, 1.165) is 12.3 Å². The highest BCUT2D eigenvalue weighted by Crippen LogP contribution is 2.40. The predicted molar refractivity (Wildman–Crippen MR) is 90.8 cm³/mol. The van der Waals surface area contributed by atoms with Crippen LogP contribution >= 0.6 is 0 Å². The van der Waals surface area contributed by atoms with E-state index in [9.17, 15) is 29.6 Å². The van der Waals surface area contributed by atoms with Crippen LogP contribution in [0.1, 0.15) is 36.2 Å². The number of nitrogens with one attached hydrogen (secondary N) is 1. The first-order chi connectivity index (χ1) is 12.6. The normalized spacial score (nSPS) is 14.7. The first kappa shape index (κ1) is 18.3. The van der Waals surface area contributed by atoms with Crippen molar-refractivity contribution in [3.05, 3.63) is 44.0 Å². The van der Waals surface area contributed by atoms with Crippen molar-refractivity contribution >= 4 is 34.2 Å². The van der Waals surface area contributed by atoms with E-state index >= 15 is 4.39 Å². The number of fused-ring (bicyclic) bond motifs is 1. The molecule has 1 atom stereocenters. The number of halogens is 1. The summed E-state index contributed by atoms with van der Waals surface area (Å²) in [5, 5.41) is 31.4. The smallest absolute Gasteiger partial charge is 0.341 e. The van der Waals surface area contributed by atoms with E-state index in [4.69, 9.17) is 5.11 Å².